The van der Waals surface area contributed by atoms with E-state index in [-0.39, 0.29) is 12.0 Å². The molecular weight excluding hydrogens is 370 g/mol. The summed E-state index contributed by atoms with van der Waals surface area (Å²) in [5, 5.41) is 9.81. The molecule has 8 nitrogen and oxygen atoms in total. The molecule has 1 amide bonds. The molecule has 0 unspecified atom stereocenters. The molecule has 8 heteroatoms. The molecule has 2 aromatic heterocycles. The number of carbonyl (C=O) groups excluding carboxylic acids is 1. The molecule has 29 heavy (non-hydrogen) atoms. The van der Waals surface area contributed by atoms with Gasteiger partial charge in [0.25, 0.3) is 0 Å². The van der Waals surface area contributed by atoms with Crippen molar-refractivity contribution < 1.29 is 14.1 Å². The molecule has 0 aliphatic carbocycles. The van der Waals surface area contributed by atoms with Gasteiger partial charge < -0.3 is 14.2 Å². The number of benzene rings is 1. The summed E-state index contributed by atoms with van der Waals surface area (Å²) in [5.41, 5.74) is 1.32. The topological polar surface area (TPSA) is 86.3 Å². The van der Waals surface area contributed by atoms with E-state index < -0.39 is 5.60 Å². The number of carbonyl (C=O) groups is 1. The molecule has 1 aliphatic rings. The first kappa shape index (κ1) is 19.4. The highest BCUT2D eigenvalue weighted by atomic mass is 16.6. The van der Waals surface area contributed by atoms with E-state index in [1.54, 1.807) is 4.90 Å². The van der Waals surface area contributed by atoms with Gasteiger partial charge in [-0.1, -0.05) is 17.3 Å². The first-order chi connectivity index (χ1) is 13.8. The molecule has 4 rings (SSSR count). The Hall–Kier alpha value is -2.90. The SMILES string of the molecule is CCn1cc2ccc(-c3noc(C4CCN(C(=O)OC(C)(C)C)CC4)n3)cc2n1. The maximum Gasteiger partial charge on any atom is 0.410 e. The van der Waals surface area contributed by atoms with Crippen molar-refractivity contribution in [2.24, 2.45) is 0 Å². The van der Waals surface area contributed by atoms with Gasteiger partial charge in [-0.25, -0.2) is 4.79 Å². The first-order valence-corrected chi connectivity index (χ1v) is 10.1. The van der Waals surface area contributed by atoms with Gasteiger partial charge in [0.1, 0.15) is 5.60 Å². The number of amides is 1. The third kappa shape index (κ3) is 4.26. The molecule has 0 spiro atoms. The van der Waals surface area contributed by atoms with Crippen molar-refractivity contribution in [3.8, 4) is 11.4 Å². The average molecular weight is 397 g/mol. The lowest BCUT2D eigenvalue weighted by atomic mass is 9.97. The van der Waals surface area contributed by atoms with Crippen LogP contribution in [-0.2, 0) is 11.3 Å². The largest absolute Gasteiger partial charge is 0.444 e. The van der Waals surface area contributed by atoms with E-state index >= 15 is 0 Å². The van der Waals surface area contributed by atoms with E-state index in [1.165, 1.54) is 0 Å². The lowest BCUT2D eigenvalue weighted by molar-refractivity contribution is 0.0198. The lowest BCUT2D eigenvalue weighted by Gasteiger charge is -2.32. The van der Waals surface area contributed by atoms with Gasteiger partial charge in [0.05, 0.1) is 5.52 Å². The maximum atomic E-state index is 12.2. The quantitative estimate of drug-likeness (QED) is 0.658. The Balaban J connectivity index is 1.43. The van der Waals surface area contributed by atoms with Crippen molar-refractivity contribution in [1.82, 2.24) is 24.8 Å². The van der Waals surface area contributed by atoms with Crippen molar-refractivity contribution in [3.05, 3.63) is 30.3 Å². The molecule has 0 atom stereocenters. The number of hydrogen-bond acceptors (Lipinski definition) is 6. The molecule has 1 saturated heterocycles. The third-order valence-electron chi connectivity index (χ3n) is 5.07. The molecule has 0 N–H and O–H groups in total. The van der Waals surface area contributed by atoms with Crippen LogP contribution in [-0.4, -0.2) is 49.6 Å². The summed E-state index contributed by atoms with van der Waals surface area (Å²) < 4.78 is 12.9. The maximum absolute atomic E-state index is 12.2. The van der Waals surface area contributed by atoms with Gasteiger partial charge in [-0.3, -0.25) is 4.68 Å². The molecule has 3 heterocycles. The van der Waals surface area contributed by atoms with E-state index in [4.69, 9.17) is 9.26 Å². The number of aromatic nitrogens is 4. The summed E-state index contributed by atoms with van der Waals surface area (Å²) in [6, 6.07) is 6.00. The smallest absolute Gasteiger partial charge is 0.410 e. The fourth-order valence-corrected chi connectivity index (χ4v) is 3.52. The summed E-state index contributed by atoms with van der Waals surface area (Å²) in [7, 11) is 0. The van der Waals surface area contributed by atoms with Crippen molar-refractivity contribution >= 4 is 17.0 Å². The molecule has 154 valence electrons. The van der Waals surface area contributed by atoms with Crippen molar-refractivity contribution in [1.29, 1.82) is 0 Å². The van der Waals surface area contributed by atoms with E-state index in [0.717, 1.165) is 35.9 Å². The minimum absolute atomic E-state index is 0.151. The summed E-state index contributed by atoms with van der Waals surface area (Å²) in [6.07, 6.45) is 3.32. The van der Waals surface area contributed by atoms with Crippen LogP contribution in [0, 0.1) is 0 Å². The second kappa shape index (κ2) is 7.50. The highest BCUT2D eigenvalue weighted by Gasteiger charge is 2.30. The van der Waals surface area contributed by atoms with Gasteiger partial charge in [-0.05, 0) is 46.6 Å². The minimum Gasteiger partial charge on any atom is -0.444 e. The Kier molecular flexibility index (Phi) is 5.02. The third-order valence-corrected chi connectivity index (χ3v) is 5.07. The Morgan fingerprint density at radius 1 is 1.28 bits per heavy atom. The molecule has 1 fully saturated rings. The second-order valence-corrected chi connectivity index (χ2v) is 8.46. The predicted octanol–water partition coefficient (Wildman–Crippen LogP) is 4.22. The number of piperidine rings is 1. The van der Waals surface area contributed by atoms with Gasteiger partial charge >= 0.3 is 6.09 Å². The van der Waals surface area contributed by atoms with Crippen LogP contribution >= 0.6 is 0 Å². The van der Waals surface area contributed by atoms with Crippen LogP contribution in [0.5, 0.6) is 0 Å². The zero-order chi connectivity index (χ0) is 20.6. The Bertz CT molecular complexity index is 1010. The summed E-state index contributed by atoms with van der Waals surface area (Å²) in [5.74, 6) is 1.35. The second-order valence-electron chi connectivity index (χ2n) is 8.46. The fourth-order valence-electron chi connectivity index (χ4n) is 3.52. The van der Waals surface area contributed by atoms with Crippen LogP contribution < -0.4 is 0 Å². The zero-order valence-electron chi connectivity index (χ0n) is 17.4. The van der Waals surface area contributed by atoms with E-state index in [1.807, 2.05) is 49.8 Å². The number of fused-ring (bicyclic) bond motifs is 1. The van der Waals surface area contributed by atoms with Crippen LogP contribution in [0.2, 0.25) is 0 Å². The van der Waals surface area contributed by atoms with Crippen LogP contribution in [0.25, 0.3) is 22.3 Å². The molecule has 0 bridgehead atoms. The highest BCUT2D eigenvalue weighted by Crippen LogP contribution is 2.30. The molecule has 0 radical (unpaired) electrons. The number of likely N-dealkylation sites (tertiary alicyclic amines) is 1. The van der Waals surface area contributed by atoms with Crippen molar-refractivity contribution in [2.45, 2.75) is 58.6 Å². The first-order valence-electron chi connectivity index (χ1n) is 10.1. The minimum atomic E-state index is -0.483. The number of ether oxygens (including phenoxy) is 1. The van der Waals surface area contributed by atoms with Crippen molar-refractivity contribution in [2.75, 3.05) is 13.1 Å². The molecule has 1 aromatic carbocycles. The normalized spacial score (nSPS) is 15.8. The monoisotopic (exact) mass is 397 g/mol. The van der Waals surface area contributed by atoms with Gasteiger partial charge in [0, 0.05) is 42.7 Å². The average Bonchev–Trinajstić information content (AvgIpc) is 3.33. The zero-order valence-corrected chi connectivity index (χ0v) is 17.4. The van der Waals surface area contributed by atoms with E-state index in [2.05, 4.69) is 22.2 Å². The fraction of sp³-hybridized carbons (Fsp3) is 0.524. The Morgan fingerprint density at radius 2 is 2.03 bits per heavy atom. The Labute approximate surface area is 169 Å². The molecule has 1 aliphatic heterocycles. The molecule has 0 saturated carbocycles. The number of aryl methyl sites for hydroxylation is 1. The van der Waals surface area contributed by atoms with Crippen LogP contribution in [0.4, 0.5) is 4.79 Å². The van der Waals surface area contributed by atoms with Crippen LogP contribution in [0.3, 0.4) is 0 Å². The van der Waals surface area contributed by atoms with Gasteiger partial charge in [0.2, 0.25) is 11.7 Å². The summed E-state index contributed by atoms with van der Waals surface area (Å²) in [4.78, 5) is 18.6. The van der Waals surface area contributed by atoms with Crippen LogP contribution in [0.15, 0.2) is 28.9 Å². The van der Waals surface area contributed by atoms with E-state index in [0.29, 0.717) is 24.8 Å². The molecular formula is C21H27N5O3. The lowest BCUT2D eigenvalue weighted by Crippen LogP contribution is -2.41. The standard InChI is InChI=1S/C21H27N5O3/c1-5-26-13-16-7-6-15(12-17(16)23-26)18-22-19(29-24-18)14-8-10-25(11-9-14)20(27)28-21(2,3)4/h6-7,12-14H,5,8-11H2,1-4H3. The Morgan fingerprint density at radius 3 is 2.72 bits per heavy atom. The predicted molar refractivity (Wildman–Crippen MR) is 108 cm³/mol. The summed E-state index contributed by atoms with van der Waals surface area (Å²) in [6.45, 7) is 9.77. The van der Waals surface area contributed by atoms with Gasteiger partial charge in [0.15, 0.2) is 0 Å². The summed E-state index contributed by atoms with van der Waals surface area (Å²) >= 11 is 0. The number of nitrogens with zero attached hydrogens (tertiary/aromatic N) is 5. The van der Waals surface area contributed by atoms with Crippen molar-refractivity contribution in [3.63, 3.8) is 0 Å². The van der Waals surface area contributed by atoms with E-state index in [9.17, 15) is 4.79 Å². The molecule has 3 aromatic rings. The highest BCUT2D eigenvalue weighted by molar-refractivity contribution is 5.82. The number of rotatable bonds is 3. The number of hydrogen-bond donors (Lipinski definition) is 0. The van der Waals surface area contributed by atoms with Crippen LogP contribution in [0.1, 0.15) is 52.3 Å². The van der Waals surface area contributed by atoms with Gasteiger partial charge in [-0.15, -0.1) is 0 Å². The van der Waals surface area contributed by atoms with Gasteiger partial charge in [-0.2, -0.15) is 10.1 Å².